The van der Waals surface area contributed by atoms with Gasteiger partial charge in [-0.3, -0.25) is 9.36 Å². The summed E-state index contributed by atoms with van der Waals surface area (Å²) in [6.45, 7) is 8.59. The SMILES string of the molecule is Cc1nc(SCc2ccc(C(C)(C)C)cc2)n(C)c(=O)c1Cc1ccccc1. The number of hydrogen-bond acceptors (Lipinski definition) is 3. The van der Waals surface area contributed by atoms with Gasteiger partial charge in [0.15, 0.2) is 5.16 Å². The lowest BCUT2D eigenvalue weighted by Crippen LogP contribution is -2.25. The highest BCUT2D eigenvalue weighted by Crippen LogP contribution is 2.25. The zero-order valence-corrected chi connectivity index (χ0v) is 18.1. The van der Waals surface area contributed by atoms with Gasteiger partial charge in [-0.15, -0.1) is 0 Å². The topological polar surface area (TPSA) is 34.9 Å². The van der Waals surface area contributed by atoms with E-state index in [-0.39, 0.29) is 11.0 Å². The highest BCUT2D eigenvalue weighted by Gasteiger charge is 2.15. The Morgan fingerprint density at radius 1 is 0.964 bits per heavy atom. The van der Waals surface area contributed by atoms with E-state index in [1.54, 1.807) is 16.3 Å². The summed E-state index contributed by atoms with van der Waals surface area (Å²) >= 11 is 1.61. The molecule has 1 heterocycles. The first kappa shape index (κ1) is 20.4. The van der Waals surface area contributed by atoms with Crippen molar-refractivity contribution in [1.82, 2.24) is 9.55 Å². The largest absolute Gasteiger partial charge is 0.291 e. The summed E-state index contributed by atoms with van der Waals surface area (Å²) < 4.78 is 1.68. The third-order valence-corrected chi connectivity index (χ3v) is 6.06. The number of aromatic nitrogens is 2. The molecule has 0 N–H and O–H groups in total. The molecule has 0 saturated carbocycles. The minimum atomic E-state index is 0.0435. The van der Waals surface area contributed by atoms with E-state index in [4.69, 9.17) is 4.98 Å². The average molecular weight is 393 g/mol. The predicted octanol–water partition coefficient (Wildman–Crippen LogP) is 5.27. The van der Waals surface area contributed by atoms with E-state index in [0.717, 1.165) is 27.7 Å². The van der Waals surface area contributed by atoms with Crippen molar-refractivity contribution in [2.45, 2.75) is 50.4 Å². The lowest BCUT2D eigenvalue weighted by atomic mass is 9.87. The number of thioether (sulfide) groups is 1. The minimum Gasteiger partial charge on any atom is -0.291 e. The van der Waals surface area contributed by atoms with Crippen LogP contribution in [0.25, 0.3) is 0 Å². The highest BCUT2D eigenvalue weighted by atomic mass is 32.2. The fourth-order valence-corrected chi connectivity index (χ4v) is 4.08. The summed E-state index contributed by atoms with van der Waals surface area (Å²) in [6.07, 6.45) is 0.617. The Kier molecular flexibility index (Phi) is 6.09. The fraction of sp³-hybridized carbons (Fsp3) is 0.333. The molecule has 0 aliphatic heterocycles. The van der Waals surface area contributed by atoms with E-state index >= 15 is 0 Å². The molecule has 3 rings (SSSR count). The first-order valence-corrected chi connectivity index (χ1v) is 10.6. The van der Waals surface area contributed by atoms with E-state index in [0.29, 0.717) is 6.42 Å². The van der Waals surface area contributed by atoms with Gasteiger partial charge in [0.05, 0.1) is 0 Å². The van der Waals surface area contributed by atoms with Gasteiger partial charge >= 0.3 is 0 Å². The standard InChI is InChI=1S/C24H28N2OS/c1-17-21(15-18-9-7-6-8-10-18)22(27)26(5)23(25-17)28-16-19-11-13-20(14-12-19)24(2,3)4/h6-14H,15-16H2,1-5H3. The molecule has 0 aliphatic carbocycles. The van der Waals surface area contributed by atoms with Gasteiger partial charge in [0.2, 0.25) is 0 Å². The lowest BCUT2D eigenvalue weighted by Gasteiger charge is -2.19. The second-order valence-electron chi connectivity index (χ2n) is 8.22. The second kappa shape index (κ2) is 8.36. The van der Waals surface area contributed by atoms with Crippen LogP contribution in [0.1, 0.15) is 48.7 Å². The Hall–Kier alpha value is -2.33. The van der Waals surface area contributed by atoms with Crippen molar-refractivity contribution in [3.63, 3.8) is 0 Å². The molecule has 3 nitrogen and oxygen atoms in total. The molecule has 0 bridgehead atoms. The Balaban J connectivity index is 1.77. The molecule has 0 spiro atoms. The Morgan fingerprint density at radius 2 is 1.61 bits per heavy atom. The predicted molar refractivity (Wildman–Crippen MR) is 118 cm³/mol. The molecular weight excluding hydrogens is 364 g/mol. The van der Waals surface area contributed by atoms with Crippen molar-refractivity contribution in [2.24, 2.45) is 7.05 Å². The molecule has 0 unspecified atom stereocenters. The molecular formula is C24H28N2OS. The van der Waals surface area contributed by atoms with Crippen molar-refractivity contribution in [3.8, 4) is 0 Å². The number of rotatable bonds is 5. The van der Waals surface area contributed by atoms with Crippen LogP contribution < -0.4 is 5.56 Å². The molecule has 0 amide bonds. The Labute approximate surface area is 171 Å². The molecule has 3 aromatic rings. The second-order valence-corrected chi connectivity index (χ2v) is 9.16. The van der Waals surface area contributed by atoms with Gasteiger partial charge in [0.25, 0.3) is 5.56 Å². The first-order valence-electron chi connectivity index (χ1n) is 9.58. The zero-order chi connectivity index (χ0) is 20.3. The van der Waals surface area contributed by atoms with Crippen LogP contribution in [-0.4, -0.2) is 9.55 Å². The van der Waals surface area contributed by atoms with Crippen molar-refractivity contribution in [2.75, 3.05) is 0 Å². The van der Waals surface area contributed by atoms with Crippen LogP contribution in [0, 0.1) is 6.92 Å². The highest BCUT2D eigenvalue weighted by molar-refractivity contribution is 7.98. The molecule has 0 atom stereocenters. The van der Waals surface area contributed by atoms with Gasteiger partial charge in [-0.2, -0.15) is 0 Å². The Morgan fingerprint density at radius 3 is 2.21 bits per heavy atom. The van der Waals surface area contributed by atoms with Gasteiger partial charge in [-0.25, -0.2) is 4.98 Å². The van der Waals surface area contributed by atoms with Crippen molar-refractivity contribution < 1.29 is 0 Å². The van der Waals surface area contributed by atoms with Crippen LogP contribution in [0.15, 0.2) is 64.5 Å². The Bertz CT molecular complexity index is 1000. The molecule has 4 heteroatoms. The van der Waals surface area contributed by atoms with E-state index in [1.165, 1.54) is 11.1 Å². The van der Waals surface area contributed by atoms with Crippen LogP contribution in [0.2, 0.25) is 0 Å². The van der Waals surface area contributed by atoms with Gasteiger partial charge in [-0.05, 0) is 29.0 Å². The van der Waals surface area contributed by atoms with Crippen molar-refractivity contribution in [1.29, 1.82) is 0 Å². The summed E-state index contributed by atoms with van der Waals surface area (Å²) in [5, 5.41) is 0.763. The van der Waals surface area contributed by atoms with Gasteiger partial charge in [0, 0.05) is 30.5 Å². The summed E-state index contributed by atoms with van der Waals surface area (Å²) in [4.78, 5) is 17.6. The van der Waals surface area contributed by atoms with E-state index < -0.39 is 0 Å². The maximum absolute atomic E-state index is 12.9. The molecule has 2 aromatic carbocycles. The summed E-state index contributed by atoms with van der Waals surface area (Å²) in [5.41, 5.74) is 5.48. The van der Waals surface area contributed by atoms with Crippen molar-refractivity contribution >= 4 is 11.8 Å². The maximum Gasteiger partial charge on any atom is 0.257 e. The summed E-state index contributed by atoms with van der Waals surface area (Å²) in [7, 11) is 1.81. The third-order valence-electron chi connectivity index (χ3n) is 4.96. The van der Waals surface area contributed by atoms with Crippen LogP contribution in [0.3, 0.4) is 0 Å². The molecule has 146 valence electrons. The van der Waals surface area contributed by atoms with Crippen LogP contribution in [0.5, 0.6) is 0 Å². The molecule has 0 aliphatic rings. The number of benzene rings is 2. The maximum atomic E-state index is 12.9. The normalized spacial score (nSPS) is 11.6. The van der Waals surface area contributed by atoms with E-state index in [2.05, 4.69) is 45.0 Å². The average Bonchev–Trinajstić information content (AvgIpc) is 2.67. The van der Waals surface area contributed by atoms with Gasteiger partial charge in [0.1, 0.15) is 0 Å². The summed E-state index contributed by atoms with van der Waals surface area (Å²) in [5.74, 6) is 0.794. The quantitative estimate of drug-likeness (QED) is 0.438. The first-order chi connectivity index (χ1) is 13.3. The van der Waals surface area contributed by atoms with Crippen LogP contribution in [0.4, 0.5) is 0 Å². The number of aryl methyl sites for hydroxylation is 1. The molecule has 28 heavy (non-hydrogen) atoms. The monoisotopic (exact) mass is 392 g/mol. The molecule has 0 radical (unpaired) electrons. The zero-order valence-electron chi connectivity index (χ0n) is 17.3. The van der Waals surface area contributed by atoms with Crippen LogP contribution >= 0.6 is 11.8 Å². The van der Waals surface area contributed by atoms with E-state index in [9.17, 15) is 4.79 Å². The summed E-state index contributed by atoms with van der Waals surface area (Å²) in [6, 6.07) is 18.8. The van der Waals surface area contributed by atoms with Gasteiger partial charge < -0.3 is 0 Å². The fourth-order valence-electron chi connectivity index (χ4n) is 3.11. The van der Waals surface area contributed by atoms with Crippen molar-refractivity contribution in [3.05, 3.63) is 92.9 Å². The smallest absolute Gasteiger partial charge is 0.257 e. The number of hydrogen-bond donors (Lipinski definition) is 0. The van der Waals surface area contributed by atoms with E-state index in [1.807, 2.05) is 44.3 Å². The molecule has 1 aromatic heterocycles. The van der Waals surface area contributed by atoms with Crippen LogP contribution in [-0.2, 0) is 24.6 Å². The van der Waals surface area contributed by atoms with Gasteiger partial charge in [-0.1, -0.05) is 87.1 Å². The lowest BCUT2D eigenvalue weighted by molar-refractivity contribution is 0.590. The third kappa shape index (κ3) is 4.74. The molecule has 0 fully saturated rings. The minimum absolute atomic E-state index is 0.0435. The molecule has 0 saturated heterocycles. The number of nitrogens with zero attached hydrogens (tertiary/aromatic N) is 2.